The lowest BCUT2D eigenvalue weighted by atomic mass is 9.96. The van der Waals surface area contributed by atoms with Crippen LogP contribution in [0, 0.1) is 6.92 Å². The largest absolute Gasteiger partial charge is 0.360 e. The summed E-state index contributed by atoms with van der Waals surface area (Å²) in [5.41, 5.74) is 0.996. The highest BCUT2D eigenvalue weighted by atomic mass is 32.1. The SMILES string of the molecule is Cc1cc(NC(=S)NC2CCCCC2)n(C)n1. The van der Waals surface area contributed by atoms with Crippen LogP contribution in [0.15, 0.2) is 6.07 Å². The van der Waals surface area contributed by atoms with Gasteiger partial charge in [-0.3, -0.25) is 4.68 Å². The van der Waals surface area contributed by atoms with E-state index in [-0.39, 0.29) is 0 Å². The van der Waals surface area contributed by atoms with Crippen molar-refractivity contribution in [3.05, 3.63) is 11.8 Å². The van der Waals surface area contributed by atoms with E-state index in [2.05, 4.69) is 15.7 Å². The summed E-state index contributed by atoms with van der Waals surface area (Å²) in [5.74, 6) is 0.941. The van der Waals surface area contributed by atoms with Gasteiger partial charge < -0.3 is 10.6 Å². The molecule has 0 radical (unpaired) electrons. The number of thiocarbonyl (C=S) groups is 1. The molecule has 1 aliphatic carbocycles. The minimum atomic E-state index is 0.540. The van der Waals surface area contributed by atoms with Crippen molar-refractivity contribution in [1.82, 2.24) is 15.1 Å². The number of rotatable bonds is 2. The zero-order valence-electron chi connectivity index (χ0n) is 10.5. The molecule has 2 N–H and O–H groups in total. The fraction of sp³-hybridized carbons (Fsp3) is 0.667. The third-order valence-corrected chi connectivity index (χ3v) is 3.40. The lowest BCUT2D eigenvalue weighted by Gasteiger charge is -2.24. The molecular formula is C12H20N4S. The van der Waals surface area contributed by atoms with Crippen molar-refractivity contribution in [3.8, 4) is 0 Å². The van der Waals surface area contributed by atoms with E-state index in [9.17, 15) is 0 Å². The van der Waals surface area contributed by atoms with Crippen LogP contribution in [-0.4, -0.2) is 20.9 Å². The fourth-order valence-corrected chi connectivity index (χ4v) is 2.58. The quantitative estimate of drug-likeness (QED) is 0.793. The van der Waals surface area contributed by atoms with Crippen molar-refractivity contribution < 1.29 is 0 Å². The van der Waals surface area contributed by atoms with Gasteiger partial charge in [0, 0.05) is 19.2 Å². The summed E-state index contributed by atoms with van der Waals surface area (Å²) in [6, 6.07) is 2.53. The summed E-state index contributed by atoms with van der Waals surface area (Å²) in [7, 11) is 1.92. The average Bonchev–Trinajstić information content (AvgIpc) is 2.58. The molecule has 1 aromatic heterocycles. The molecule has 0 aromatic carbocycles. The number of nitrogens with zero attached hydrogens (tertiary/aromatic N) is 2. The molecule has 0 bridgehead atoms. The number of nitrogens with one attached hydrogen (secondary N) is 2. The van der Waals surface area contributed by atoms with Crippen LogP contribution in [0.5, 0.6) is 0 Å². The van der Waals surface area contributed by atoms with Crippen molar-refractivity contribution in [1.29, 1.82) is 0 Å². The first-order valence-electron chi connectivity index (χ1n) is 6.23. The lowest BCUT2D eigenvalue weighted by molar-refractivity contribution is 0.414. The van der Waals surface area contributed by atoms with Gasteiger partial charge in [-0.05, 0) is 32.0 Å². The van der Waals surface area contributed by atoms with Crippen molar-refractivity contribution in [2.45, 2.75) is 45.1 Å². The molecule has 2 rings (SSSR count). The maximum Gasteiger partial charge on any atom is 0.172 e. The van der Waals surface area contributed by atoms with E-state index >= 15 is 0 Å². The molecule has 4 nitrogen and oxygen atoms in total. The van der Waals surface area contributed by atoms with Gasteiger partial charge in [0.25, 0.3) is 0 Å². The van der Waals surface area contributed by atoms with Gasteiger partial charge in [0.1, 0.15) is 5.82 Å². The van der Waals surface area contributed by atoms with E-state index in [4.69, 9.17) is 12.2 Å². The second-order valence-electron chi connectivity index (χ2n) is 4.73. The van der Waals surface area contributed by atoms with Crippen LogP contribution in [0.3, 0.4) is 0 Å². The van der Waals surface area contributed by atoms with Crippen LogP contribution in [0.1, 0.15) is 37.8 Å². The standard InChI is InChI=1S/C12H20N4S/c1-9-8-11(16(2)15-9)14-12(17)13-10-6-4-3-5-7-10/h8,10H,3-7H2,1-2H3,(H2,13,14,17). The number of hydrogen-bond acceptors (Lipinski definition) is 2. The Balaban J connectivity index is 1.86. The van der Waals surface area contributed by atoms with Gasteiger partial charge in [0.2, 0.25) is 0 Å². The van der Waals surface area contributed by atoms with Gasteiger partial charge in [-0.15, -0.1) is 0 Å². The van der Waals surface area contributed by atoms with Crippen molar-refractivity contribution in [2.75, 3.05) is 5.32 Å². The van der Waals surface area contributed by atoms with Crippen LogP contribution >= 0.6 is 12.2 Å². The van der Waals surface area contributed by atoms with E-state index in [1.165, 1.54) is 32.1 Å². The van der Waals surface area contributed by atoms with E-state index in [1.54, 1.807) is 0 Å². The Hall–Kier alpha value is -1.10. The molecule has 1 fully saturated rings. The van der Waals surface area contributed by atoms with Gasteiger partial charge in [-0.25, -0.2) is 0 Å². The minimum Gasteiger partial charge on any atom is -0.360 e. The fourth-order valence-electron chi connectivity index (χ4n) is 2.31. The summed E-state index contributed by atoms with van der Waals surface area (Å²) >= 11 is 5.32. The third kappa shape index (κ3) is 3.43. The van der Waals surface area contributed by atoms with Crippen LogP contribution in [0.25, 0.3) is 0 Å². The van der Waals surface area contributed by atoms with Gasteiger partial charge in [0.05, 0.1) is 5.69 Å². The van der Waals surface area contributed by atoms with E-state index < -0.39 is 0 Å². The number of hydrogen-bond donors (Lipinski definition) is 2. The molecule has 0 saturated heterocycles. The molecule has 1 saturated carbocycles. The monoisotopic (exact) mass is 252 g/mol. The van der Waals surface area contributed by atoms with E-state index in [0.717, 1.165) is 11.5 Å². The maximum atomic E-state index is 5.32. The summed E-state index contributed by atoms with van der Waals surface area (Å²) < 4.78 is 1.81. The van der Waals surface area contributed by atoms with Crippen molar-refractivity contribution >= 4 is 23.1 Å². The summed E-state index contributed by atoms with van der Waals surface area (Å²) in [4.78, 5) is 0. The second-order valence-corrected chi connectivity index (χ2v) is 5.14. The van der Waals surface area contributed by atoms with Gasteiger partial charge in [0.15, 0.2) is 5.11 Å². The molecule has 0 unspecified atom stereocenters. The molecule has 17 heavy (non-hydrogen) atoms. The topological polar surface area (TPSA) is 41.9 Å². The predicted molar refractivity (Wildman–Crippen MR) is 74.2 cm³/mol. The van der Waals surface area contributed by atoms with E-state index in [1.807, 2.05) is 24.7 Å². The Kier molecular flexibility index (Phi) is 3.99. The Morgan fingerprint density at radius 3 is 2.71 bits per heavy atom. The molecular weight excluding hydrogens is 232 g/mol. The average molecular weight is 252 g/mol. The smallest absolute Gasteiger partial charge is 0.172 e. The third-order valence-electron chi connectivity index (χ3n) is 3.18. The molecule has 1 aliphatic rings. The van der Waals surface area contributed by atoms with Crippen LogP contribution in [0.4, 0.5) is 5.82 Å². The Bertz CT molecular complexity index is 393. The first-order valence-corrected chi connectivity index (χ1v) is 6.64. The second kappa shape index (κ2) is 5.49. The van der Waals surface area contributed by atoms with Gasteiger partial charge in [-0.1, -0.05) is 19.3 Å². The Morgan fingerprint density at radius 1 is 1.41 bits per heavy atom. The van der Waals surface area contributed by atoms with Gasteiger partial charge >= 0.3 is 0 Å². The maximum absolute atomic E-state index is 5.32. The van der Waals surface area contributed by atoms with Crippen LogP contribution in [-0.2, 0) is 7.05 Å². The first kappa shape index (κ1) is 12.4. The molecule has 94 valence electrons. The first-order chi connectivity index (χ1) is 8.15. The van der Waals surface area contributed by atoms with E-state index in [0.29, 0.717) is 11.2 Å². The Morgan fingerprint density at radius 2 is 2.12 bits per heavy atom. The highest BCUT2D eigenvalue weighted by Gasteiger charge is 2.14. The van der Waals surface area contributed by atoms with Crippen molar-refractivity contribution in [3.63, 3.8) is 0 Å². The molecule has 1 aromatic rings. The predicted octanol–water partition coefficient (Wildman–Crippen LogP) is 2.35. The van der Waals surface area contributed by atoms with Gasteiger partial charge in [-0.2, -0.15) is 5.10 Å². The molecule has 0 spiro atoms. The van der Waals surface area contributed by atoms with Crippen LogP contribution < -0.4 is 10.6 Å². The number of anilines is 1. The normalized spacial score (nSPS) is 16.8. The molecule has 5 heteroatoms. The van der Waals surface area contributed by atoms with Crippen LogP contribution in [0.2, 0.25) is 0 Å². The summed E-state index contributed by atoms with van der Waals surface area (Å²) in [6.45, 7) is 1.97. The zero-order chi connectivity index (χ0) is 12.3. The molecule has 1 heterocycles. The minimum absolute atomic E-state index is 0.540. The summed E-state index contributed by atoms with van der Waals surface area (Å²) in [6.07, 6.45) is 6.44. The summed E-state index contributed by atoms with van der Waals surface area (Å²) in [5, 5.41) is 11.6. The molecule has 0 aliphatic heterocycles. The lowest BCUT2D eigenvalue weighted by Crippen LogP contribution is -2.39. The Labute approximate surface area is 108 Å². The molecule has 0 amide bonds. The zero-order valence-corrected chi connectivity index (χ0v) is 11.3. The number of aromatic nitrogens is 2. The number of aryl methyl sites for hydroxylation is 2. The van der Waals surface area contributed by atoms with Crippen molar-refractivity contribution in [2.24, 2.45) is 7.05 Å². The molecule has 0 atom stereocenters. The highest BCUT2D eigenvalue weighted by molar-refractivity contribution is 7.80. The highest BCUT2D eigenvalue weighted by Crippen LogP contribution is 2.17.